The molecule has 1 nitrogen and oxygen atoms in total. The lowest BCUT2D eigenvalue weighted by Gasteiger charge is -2.12. The van der Waals surface area contributed by atoms with Gasteiger partial charge < -0.3 is 5.32 Å². The van der Waals surface area contributed by atoms with E-state index in [0.717, 1.165) is 24.2 Å². The van der Waals surface area contributed by atoms with Crippen LogP contribution in [0.2, 0.25) is 0 Å². The summed E-state index contributed by atoms with van der Waals surface area (Å²) >= 11 is 0. The molecule has 1 N–H and O–H groups in total. The summed E-state index contributed by atoms with van der Waals surface area (Å²) in [6.45, 7) is 0. The third kappa shape index (κ3) is 3.72. The van der Waals surface area contributed by atoms with E-state index in [9.17, 15) is 0 Å². The highest BCUT2D eigenvalue weighted by Crippen LogP contribution is 2.27. The lowest BCUT2D eigenvalue weighted by Crippen LogP contribution is -1.93. The topological polar surface area (TPSA) is 12.0 Å². The maximum atomic E-state index is 3.54. The predicted octanol–water partition coefficient (Wildman–Crippen LogP) is 7.08. The number of nitrogens with one attached hydrogen (secondary N) is 1. The fraction of sp³-hybridized carbons (Fsp3) is 0.0833. The number of rotatable bonds is 4. The molecule has 0 saturated heterocycles. The summed E-state index contributed by atoms with van der Waals surface area (Å²) in [6, 6.07) is 27.6. The molecule has 124 valence electrons. The molecule has 25 heavy (non-hydrogen) atoms. The molecule has 0 radical (unpaired) electrons. The lowest BCUT2D eigenvalue weighted by molar-refractivity contribution is 1.04. The Morgan fingerprint density at radius 3 is 2.04 bits per heavy atom. The van der Waals surface area contributed by atoms with Crippen LogP contribution in [0.1, 0.15) is 19.8 Å². The van der Waals surface area contributed by atoms with Crippen molar-refractivity contribution in [2.24, 2.45) is 0 Å². The number of allylic oxidation sites excluding steroid dienone is 4. The molecule has 1 heteroatoms. The van der Waals surface area contributed by atoms with Crippen molar-refractivity contribution in [1.82, 2.24) is 0 Å². The van der Waals surface area contributed by atoms with Gasteiger partial charge >= 0.3 is 0 Å². The van der Waals surface area contributed by atoms with E-state index in [0.29, 0.717) is 0 Å². The van der Waals surface area contributed by atoms with Crippen LogP contribution in [0, 0.1) is 0 Å². The molecule has 0 fully saturated rings. The Hall–Kier alpha value is -3.06. The second-order valence-corrected chi connectivity index (χ2v) is 6.29. The molecule has 1 aliphatic carbocycles. The van der Waals surface area contributed by atoms with E-state index in [1.54, 1.807) is 0 Å². The fourth-order valence-corrected chi connectivity index (χ4v) is 3.18. The van der Waals surface area contributed by atoms with Gasteiger partial charge in [0.2, 0.25) is 0 Å². The second-order valence-electron chi connectivity index (χ2n) is 6.29. The lowest BCUT2D eigenvalue weighted by atomic mass is 9.99. The van der Waals surface area contributed by atoms with Crippen molar-refractivity contribution in [2.45, 2.75) is 12.8 Å². The molecule has 0 aromatic heterocycles. The molecule has 0 unspecified atom stereocenters. The van der Waals surface area contributed by atoms with Crippen LogP contribution in [0.25, 0.3) is 16.7 Å². The van der Waals surface area contributed by atoms with Gasteiger partial charge in [0, 0.05) is 12.8 Å². The maximum Gasteiger partial charge on any atom is 0.0390 e. The van der Waals surface area contributed by atoms with Crippen LogP contribution in [0.5, 0.6) is 0 Å². The van der Waals surface area contributed by atoms with Crippen molar-refractivity contribution in [2.75, 3.05) is 5.32 Å². The first-order valence-electron chi connectivity index (χ1n) is 8.78. The summed E-state index contributed by atoms with van der Waals surface area (Å²) in [7, 11) is 0. The molecule has 3 aromatic carbocycles. The zero-order valence-electron chi connectivity index (χ0n) is 14.2. The zero-order chi connectivity index (χ0) is 16.9. The number of hydrogen-bond acceptors (Lipinski definition) is 1. The SMILES string of the molecule is C1=CC(c2cccc(Nc3cccc(-c4ccccc4)c3)c2)=CCC1.[HH]. The van der Waals surface area contributed by atoms with Crippen molar-refractivity contribution < 1.29 is 1.43 Å². The Kier molecular flexibility index (Phi) is 4.47. The molecule has 0 heterocycles. The van der Waals surface area contributed by atoms with Crippen molar-refractivity contribution in [3.8, 4) is 11.1 Å². The van der Waals surface area contributed by atoms with Gasteiger partial charge in [-0.05, 0) is 59.4 Å². The summed E-state index contributed by atoms with van der Waals surface area (Å²) in [5, 5.41) is 3.54. The van der Waals surface area contributed by atoms with Gasteiger partial charge in [0.1, 0.15) is 0 Å². The van der Waals surface area contributed by atoms with Gasteiger partial charge in [-0.25, -0.2) is 0 Å². The Balaban J connectivity index is 0.00000196. The minimum absolute atomic E-state index is 0. The standard InChI is InChI=1S/C24H21N.H2/c1-3-9-19(10-4-1)21-13-7-15-23(17-21)25-24-16-8-14-22(18-24)20-11-5-2-6-12-20;/h1,3-5,7-18,25H,2,6H2;1H. The van der Waals surface area contributed by atoms with Crippen molar-refractivity contribution in [3.05, 3.63) is 103 Å². The average molecular weight is 325 g/mol. The van der Waals surface area contributed by atoms with Crippen LogP contribution in [-0.4, -0.2) is 0 Å². The Morgan fingerprint density at radius 2 is 1.32 bits per heavy atom. The molecule has 1 aliphatic rings. The summed E-state index contributed by atoms with van der Waals surface area (Å²) in [5.41, 5.74) is 7.25. The highest BCUT2D eigenvalue weighted by molar-refractivity contribution is 5.78. The molecule has 0 amide bonds. The monoisotopic (exact) mass is 325 g/mol. The van der Waals surface area contributed by atoms with Crippen LogP contribution in [0.3, 0.4) is 0 Å². The molecule has 0 spiro atoms. The van der Waals surface area contributed by atoms with E-state index in [1.807, 2.05) is 6.07 Å². The summed E-state index contributed by atoms with van der Waals surface area (Å²) in [6.07, 6.45) is 9.06. The Labute approximate surface area is 150 Å². The highest BCUT2D eigenvalue weighted by Gasteiger charge is 2.04. The van der Waals surface area contributed by atoms with Crippen molar-refractivity contribution in [3.63, 3.8) is 0 Å². The van der Waals surface area contributed by atoms with E-state index >= 15 is 0 Å². The average Bonchev–Trinajstić information content (AvgIpc) is 2.70. The Morgan fingerprint density at radius 1 is 0.640 bits per heavy atom. The van der Waals surface area contributed by atoms with Crippen molar-refractivity contribution in [1.29, 1.82) is 0 Å². The maximum absolute atomic E-state index is 3.54. The molecule has 4 rings (SSSR count). The van der Waals surface area contributed by atoms with Gasteiger partial charge in [-0.15, -0.1) is 0 Å². The second kappa shape index (κ2) is 7.23. The summed E-state index contributed by atoms with van der Waals surface area (Å²) < 4.78 is 0. The van der Waals surface area contributed by atoms with Gasteiger partial charge in [0.15, 0.2) is 0 Å². The van der Waals surface area contributed by atoms with Gasteiger partial charge in [-0.2, -0.15) is 0 Å². The third-order valence-electron chi connectivity index (χ3n) is 4.45. The summed E-state index contributed by atoms with van der Waals surface area (Å²) in [5.74, 6) is 0. The largest absolute Gasteiger partial charge is 0.355 e. The van der Waals surface area contributed by atoms with E-state index in [-0.39, 0.29) is 1.43 Å². The van der Waals surface area contributed by atoms with Crippen LogP contribution in [0.15, 0.2) is 97.1 Å². The van der Waals surface area contributed by atoms with Crippen LogP contribution < -0.4 is 5.32 Å². The first-order chi connectivity index (χ1) is 12.4. The van der Waals surface area contributed by atoms with Crippen LogP contribution >= 0.6 is 0 Å². The number of benzene rings is 3. The molecular formula is C24H23N. The molecule has 0 bridgehead atoms. The third-order valence-corrected chi connectivity index (χ3v) is 4.45. The smallest absolute Gasteiger partial charge is 0.0390 e. The first kappa shape index (κ1) is 15.5. The normalized spacial score (nSPS) is 13.4. The molecule has 3 aromatic rings. The van der Waals surface area contributed by atoms with E-state index in [1.165, 1.54) is 22.3 Å². The molecular weight excluding hydrogens is 302 g/mol. The van der Waals surface area contributed by atoms with Gasteiger partial charge in [-0.1, -0.05) is 72.8 Å². The summed E-state index contributed by atoms with van der Waals surface area (Å²) in [4.78, 5) is 0. The molecule has 0 atom stereocenters. The van der Waals surface area contributed by atoms with E-state index in [4.69, 9.17) is 0 Å². The Bertz CT molecular complexity index is 926. The minimum atomic E-state index is 0. The zero-order valence-corrected chi connectivity index (χ0v) is 14.2. The van der Waals surface area contributed by atoms with E-state index < -0.39 is 0 Å². The molecule has 0 saturated carbocycles. The van der Waals surface area contributed by atoms with Crippen LogP contribution in [0.4, 0.5) is 11.4 Å². The van der Waals surface area contributed by atoms with Gasteiger partial charge in [-0.3, -0.25) is 0 Å². The van der Waals surface area contributed by atoms with E-state index in [2.05, 4.69) is 96.3 Å². The first-order valence-corrected chi connectivity index (χ1v) is 8.78. The quantitative estimate of drug-likeness (QED) is 0.540. The molecule has 0 aliphatic heterocycles. The van der Waals surface area contributed by atoms with Crippen LogP contribution in [-0.2, 0) is 0 Å². The minimum Gasteiger partial charge on any atom is -0.355 e. The number of hydrogen-bond donors (Lipinski definition) is 1. The number of anilines is 2. The van der Waals surface area contributed by atoms with Gasteiger partial charge in [0.25, 0.3) is 0 Å². The predicted molar refractivity (Wildman–Crippen MR) is 110 cm³/mol. The van der Waals surface area contributed by atoms with Gasteiger partial charge in [0.05, 0.1) is 0 Å². The fourth-order valence-electron chi connectivity index (χ4n) is 3.18. The van der Waals surface area contributed by atoms with Crippen molar-refractivity contribution >= 4 is 16.9 Å². The highest BCUT2D eigenvalue weighted by atomic mass is 14.9.